The molecule has 3 N–H and O–H groups in total. The standard InChI is InChI=1S/C12H23N5O/c1-9(2)5-6-14-11(18)8-17-7-10(15-16-17)12(3,4)13/h7,9H,5-6,8,13H2,1-4H3,(H,14,18). The van der Waals surface area contributed by atoms with Crippen molar-refractivity contribution >= 4 is 5.91 Å². The van der Waals surface area contributed by atoms with Crippen molar-refractivity contribution in [3.63, 3.8) is 0 Å². The van der Waals surface area contributed by atoms with Crippen molar-refractivity contribution in [2.45, 2.75) is 46.2 Å². The van der Waals surface area contributed by atoms with Crippen LogP contribution in [0.4, 0.5) is 0 Å². The van der Waals surface area contributed by atoms with Gasteiger partial charge in [0.1, 0.15) is 12.2 Å². The molecule has 0 spiro atoms. The van der Waals surface area contributed by atoms with Gasteiger partial charge in [-0.15, -0.1) is 5.10 Å². The summed E-state index contributed by atoms with van der Waals surface area (Å²) >= 11 is 0. The van der Waals surface area contributed by atoms with Crippen LogP contribution >= 0.6 is 0 Å². The zero-order valence-corrected chi connectivity index (χ0v) is 11.6. The van der Waals surface area contributed by atoms with Gasteiger partial charge in [-0.2, -0.15) is 0 Å². The Morgan fingerprint density at radius 2 is 2.22 bits per heavy atom. The summed E-state index contributed by atoms with van der Waals surface area (Å²) in [5.41, 5.74) is 6.04. The van der Waals surface area contributed by atoms with E-state index < -0.39 is 5.54 Å². The Bertz CT molecular complexity index is 391. The molecule has 6 nitrogen and oxygen atoms in total. The summed E-state index contributed by atoms with van der Waals surface area (Å²) in [4.78, 5) is 11.6. The molecule has 1 heterocycles. The van der Waals surface area contributed by atoms with Gasteiger partial charge in [-0.1, -0.05) is 19.1 Å². The van der Waals surface area contributed by atoms with Crippen LogP contribution in [0.15, 0.2) is 6.20 Å². The molecule has 0 saturated heterocycles. The molecule has 6 heteroatoms. The summed E-state index contributed by atoms with van der Waals surface area (Å²) in [7, 11) is 0. The van der Waals surface area contributed by atoms with Gasteiger partial charge in [0.25, 0.3) is 0 Å². The Hall–Kier alpha value is -1.43. The first kappa shape index (κ1) is 14.6. The van der Waals surface area contributed by atoms with Crippen molar-refractivity contribution in [3.8, 4) is 0 Å². The van der Waals surface area contributed by atoms with Gasteiger partial charge in [0.2, 0.25) is 5.91 Å². The molecule has 0 aromatic carbocycles. The average Bonchev–Trinajstić information content (AvgIpc) is 2.64. The van der Waals surface area contributed by atoms with Crippen LogP contribution in [-0.4, -0.2) is 27.4 Å². The normalized spacial score (nSPS) is 11.9. The van der Waals surface area contributed by atoms with Crippen LogP contribution in [-0.2, 0) is 16.9 Å². The maximum absolute atomic E-state index is 11.6. The number of aromatic nitrogens is 3. The molecule has 0 aliphatic heterocycles. The largest absolute Gasteiger partial charge is 0.354 e. The van der Waals surface area contributed by atoms with Gasteiger partial charge in [-0.05, 0) is 26.2 Å². The molecule has 1 aromatic heterocycles. The molecule has 1 rings (SSSR count). The van der Waals surface area contributed by atoms with Gasteiger partial charge in [-0.3, -0.25) is 4.79 Å². The number of carbonyl (C=O) groups excluding carboxylic acids is 1. The van der Waals surface area contributed by atoms with E-state index in [0.717, 1.165) is 6.42 Å². The molecule has 0 saturated carbocycles. The molecule has 0 bridgehead atoms. The third kappa shape index (κ3) is 4.83. The fraction of sp³-hybridized carbons (Fsp3) is 0.750. The van der Waals surface area contributed by atoms with E-state index in [9.17, 15) is 4.79 Å². The Morgan fingerprint density at radius 1 is 1.56 bits per heavy atom. The third-order valence-corrected chi connectivity index (χ3v) is 2.55. The van der Waals surface area contributed by atoms with Crippen LogP contribution in [0.5, 0.6) is 0 Å². The summed E-state index contributed by atoms with van der Waals surface area (Å²) in [5.74, 6) is 0.531. The van der Waals surface area contributed by atoms with Crippen molar-refractivity contribution in [3.05, 3.63) is 11.9 Å². The van der Waals surface area contributed by atoms with E-state index in [1.807, 2.05) is 13.8 Å². The highest BCUT2D eigenvalue weighted by Gasteiger charge is 2.18. The first-order valence-corrected chi connectivity index (χ1v) is 6.25. The number of nitrogens with one attached hydrogen (secondary N) is 1. The summed E-state index contributed by atoms with van der Waals surface area (Å²) in [6, 6.07) is 0. The SMILES string of the molecule is CC(C)CCNC(=O)Cn1cc(C(C)(C)N)nn1. The fourth-order valence-corrected chi connectivity index (χ4v) is 1.37. The number of amides is 1. The van der Waals surface area contributed by atoms with Crippen LogP contribution in [0.25, 0.3) is 0 Å². The zero-order valence-electron chi connectivity index (χ0n) is 11.6. The van der Waals surface area contributed by atoms with Crippen LogP contribution < -0.4 is 11.1 Å². The van der Waals surface area contributed by atoms with Gasteiger partial charge < -0.3 is 11.1 Å². The molecule has 1 amide bonds. The second-order valence-corrected chi connectivity index (χ2v) is 5.56. The second-order valence-electron chi connectivity index (χ2n) is 5.56. The number of hydrogen-bond donors (Lipinski definition) is 2. The summed E-state index contributed by atoms with van der Waals surface area (Å²) in [5, 5.41) is 10.7. The van der Waals surface area contributed by atoms with Crippen molar-refractivity contribution in [2.75, 3.05) is 6.54 Å². The molecule has 18 heavy (non-hydrogen) atoms. The Balaban J connectivity index is 2.43. The minimum Gasteiger partial charge on any atom is -0.354 e. The van der Waals surface area contributed by atoms with Crippen molar-refractivity contribution < 1.29 is 4.79 Å². The smallest absolute Gasteiger partial charge is 0.241 e. The van der Waals surface area contributed by atoms with Gasteiger partial charge in [0.15, 0.2) is 0 Å². The predicted octanol–water partition coefficient (Wildman–Crippen LogP) is 0.634. The molecule has 0 unspecified atom stereocenters. The minimum atomic E-state index is -0.535. The highest BCUT2D eigenvalue weighted by Crippen LogP contribution is 2.12. The Morgan fingerprint density at radius 3 is 2.72 bits per heavy atom. The molecule has 1 aromatic rings. The number of rotatable bonds is 6. The summed E-state index contributed by atoms with van der Waals surface area (Å²) in [6.45, 7) is 8.83. The molecule has 0 atom stereocenters. The lowest BCUT2D eigenvalue weighted by atomic mass is 10.0. The van der Waals surface area contributed by atoms with Crippen molar-refractivity contribution in [2.24, 2.45) is 11.7 Å². The molecule has 0 aliphatic carbocycles. The van der Waals surface area contributed by atoms with Gasteiger partial charge in [0.05, 0.1) is 11.7 Å². The fourth-order valence-electron chi connectivity index (χ4n) is 1.37. The maximum atomic E-state index is 11.6. The molecule has 0 radical (unpaired) electrons. The van der Waals surface area contributed by atoms with Gasteiger partial charge in [0, 0.05) is 6.54 Å². The Kier molecular flexibility index (Phi) is 4.84. The van der Waals surface area contributed by atoms with Crippen LogP contribution in [0.1, 0.15) is 39.8 Å². The molecular formula is C12H23N5O. The highest BCUT2D eigenvalue weighted by molar-refractivity contribution is 5.75. The number of hydrogen-bond acceptors (Lipinski definition) is 4. The first-order valence-electron chi connectivity index (χ1n) is 6.25. The van der Waals surface area contributed by atoms with E-state index in [0.29, 0.717) is 18.2 Å². The van der Waals surface area contributed by atoms with E-state index in [1.165, 1.54) is 4.68 Å². The number of carbonyl (C=O) groups is 1. The first-order chi connectivity index (χ1) is 8.29. The zero-order chi connectivity index (χ0) is 13.8. The predicted molar refractivity (Wildman–Crippen MR) is 69.7 cm³/mol. The molecule has 0 fully saturated rings. The topological polar surface area (TPSA) is 85.8 Å². The third-order valence-electron chi connectivity index (χ3n) is 2.55. The number of nitrogens with two attached hydrogens (primary N) is 1. The number of nitrogens with zero attached hydrogens (tertiary/aromatic N) is 3. The molecule has 0 aliphatic rings. The summed E-state index contributed by atoms with van der Waals surface area (Å²) in [6.07, 6.45) is 2.69. The molecular weight excluding hydrogens is 230 g/mol. The lowest BCUT2D eigenvalue weighted by Gasteiger charge is -2.13. The summed E-state index contributed by atoms with van der Waals surface area (Å²) < 4.78 is 1.51. The van der Waals surface area contributed by atoms with Gasteiger partial charge >= 0.3 is 0 Å². The monoisotopic (exact) mass is 253 g/mol. The second kappa shape index (κ2) is 5.95. The van der Waals surface area contributed by atoms with E-state index in [-0.39, 0.29) is 12.5 Å². The lowest BCUT2D eigenvalue weighted by Crippen LogP contribution is -2.30. The average molecular weight is 253 g/mol. The molecule has 102 valence electrons. The van der Waals surface area contributed by atoms with Crippen LogP contribution in [0.2, 0.25) is 0 Å². The van der Waals surface area contributed by atoms with Gasteiger partial charge in [-0.25, -0.2) is 4.68 Å². The van der Waals surface area contributed by atoms with Crippen molar-refractivity contribution in [1.29, 1.82) is 0 Å². The minimum absolute atomic E-state index is 0.0538. The van der Waals surface area contributed by atoms with E-state index in [4.69, 9.17) is 5.73 Å². The van der Waals surface area contributed by atoms with E-state index >= 15 is 0 Å². The van der Waals surface area contributed by atoms with Crippen molar-refractivity contribution in [1.82, 2.24) is 20.3 Å². The maximum Gasteiger partial charge on any atom is 0.241 e. The highest BCUT2D eigenvalue weighted by atomic mass is 16.2. The Labute approximate surface area is 108 Å². The van der Waals surface area contributed by atoms with E-state index in [1.54, 1.807) is 6.20 Å². The van der Waals surface area contributed by atoms with E-state index in [2.05, 4.69) is 29.5 Å². The van der Waals surface area contributed by atoms with Crippen LogP contribution in [0, 0.1) is 5.92 Å². The quantitative estimate of drug-likeness (QED) is 0.778. The van der Waals surface area contributed by atoms with Crippen LogP contribution in [0.3, 0.4) is 0 Å². The lowest BCUT2D eigenvalue weighted by molar-refractivity contribution is -0.121.